The van der Waals surface area contributed by atoms with Crippen molar-refractivity contribution >= 4 is 11.7 Å². The Morgan fingerprint density at radius 1 is 1.32 bits per heavy atom. The summed E-state index contributed by atoms with van der Waals surface area (Å²) in [6.45, 7) is 2.00. The number of fused-ring (bicyclic) bond motifs is 4. The summed E-state index contributed by atoms with van der Waals surface area (Å²) < 4.78 is 0. The van der Waals surface area contributed by atoms with Crippen molar-refractivity contribution in [1.29, 1.82) is 0 Å². The van der Waals surface area contributed by atoms with Crippen LogP contribution in [0.15, 0.2) is 36.8 Å². The highest BCUT2D eigenvalue weighted by molar-refractivity contribution is 5.91. The second-order valence-electron chi connectivity index (χ2n) is 6.03. The Labute approximate surface area is 129 Å². The highest BCUT2D eigenvalue weighted by Gasteiger charge is 2.43. The molecule has 1 fully saturated rings. The number of nitrogens with zero attached hydrogens (tertiary/aromatic N) is 3. The fraction of sp³-hybridized carbons (Fsp3) is 0.353. The SMILES string of the molecule is Cc1ccccc1NC(=O)N1C2CCC1c1cncnc1C2. The van der Waals surface area contributed by atoms with Gasteiger partial charge in [-0.25, -0.2) is 14.8 Å². The Kier molecular flexibility index (Phi) is 3.06. The molecule has 1 aromatic heterocycles. The van der Waals surface area contributed by atoms with Crippen LogP contribution in [0.25, 0.3) is 0 Å². The molecule has 1 aromatic carbocycles. The van der Waals surface area contributed by atoms with Crippen LogP contribution in [0.1, 0.15) is 35.7 Å². The zero-order chi connectivity index (χ0) is 15.1. The predicted octanol–water partition coefficient (Wildman–Crippen LogP) is 3.08. The number of rotatable bonds is 1. The van der Waals surface area contributed by atoms with Gasteiger partial charge in [0.1, 0.15) is 6.33 Å². The molecule has 2 aromatic rings. The minimum absolute atomic E-state index is 0.0173. The topological polar surface area (TPSA) is 58.1 Å². The quantitative estimate of drug-likeness (QED) is 0.879. The predicted molar refractivity (Wildman–Crippen MR) is 83.5 cm³/mol. The Balaban J connectivity index is 1.61. The lowest BCUT2D eigenvalue weighted by atomic mass is 10.00. The van der Waals surface area contributed by atoms with Crippen LogP contribution in [0.5, 0.6) is 0 Å². The van der Waals surface area contributed by atoms with Crippen molar-refractivity contribution < 1.29 is 4.79 Å². The summed E-state index contributed by atoms with van der Waals surface area (Å²) >= 11 is 0. The lowest BCUT2D eigenvalue weighted by Gasteiger charge is -2.35. The molecule has 0 saturated carbocycles. The van der Waals surface area contributed by atoms with Crippen molar-refractivity contribution in [3.8, 4) is 0 Å². The van der Waals surface area contributed by atoms with Crippen LogP contribution >= 0.6 is 0 Å². The first-order chi connectivity index (χ1) is 10.7. The number of aromatic nitrogens is 2. The van der Waals surface area contributed by atoms with E-state index in [4.69, 9.17) is 0 Å². The second kappa shape index (κ2) is 5.09. The number of hydrogen-bond acceptors (Lipinski definition) is 3. The summed E-state index contributed by atoms with van der Waals surface area (Å²) in [5.74, 6) is 0. The van der Waals surface area contributed by atoms with E-state index in [1.54, 1.807) is 6.33 Å². The molecule has 0 spiro atoms. The molecule has 1 saturated heterocycles. The average molecular weight is 294 g/mol. The molecule has 2 atom stereocenters. The Bertz CT molecular complexity index is 730. The van der Waals surface area contributed by atoms with Gasteiger partial charge in [0.25, 0.3) is 0 Å². The van der Waals surface area contributed by atoms with Gasteiger partial charge >= 0.3 is 6.03 Å². The largest absolute Gasteiger partial charge is 0.322 e. The molecule has 2 amide bonds. The van der Waals surface area contributed by atoms with Crippen molar-refractivity contribution in [3.63, 3.8) is 0 Å². The van der Waals surface area contributed by atoms with Gasteiger partial charge in [-0.15, -0.1) is 0 Å². The third-order valence-corrected chi connectivity index (χ3v) is 4.74. The summed E-state index contributed by atoms with van der Waals surface area (Å²) in [4.78, 5) is 23.3. The Morgan fingerprint density at radius 3 is 3.05 bits per heavy atom. The third kappa shape index (κ3) is 2.04. The van der Waals surface area contributed by atoms with Crippen molar-refractivity contribution in [2.24, 2.45) is 0 Å². The number of hydrogen-bond donors (Lipinski definition) is 1. The molecule has 5 heteroatoms. The first-order valence-electron chi connectivity index (χ1n) is 7.68. The van der Waals surface area contributed by atoms with Gasteiger partial charge in [0, 0.05) is 29.9 Å². The van der Waals surface area contributed by atoms with Crippen LogP contribution in [-0.4, -0.2) is 26.9 Å². The standard InChI is InChI=1S/C17H18N4O/c1-11-4-2-3-5-14(11)20-17(22)21-12-6-7-16(21)13-9-18-10-19-15(13)8-12/h2-5,9-10,12,16H,6-8H2,1H3,(H,20,22). The number of nitrogens with one attached hydrogen (secondary N) is 1. The third-order valence-electron chi connectivity index (χ3n) is 4.74. The fourth-order valence-corrected chi connectivity index (χ4v) is 3.63. The van der Waals surface area contributed by atoms with Crippen molar-refractivity contribution in [3.05, 3.63) is 53.6 Å². The van der Waals surface area contributed by atoms with Crippen molar-refractivity contribution in [2.45, 2.75) is 38.3 Å². The Hall–Kier alpha value is -2.43. The van der Waals surface area contributed by atoms with E-state index in [1.807, 2.05) is 42.3 Å². The van der Waals surface area contributed by atoms with Crippen LogP contribution < -0.4 is 5.32 Å². The first-order valence-corrected chi connectivity index (χ1v) is 7.68. The number of urea groups is 1. The number of anilines is 1. The van der Waals surface area contributed by atoms with Crippen molar-refractivity contribution in [1.82, 2.24) is 14.9 Å². The number of para-hydroxylation sites is 1. The second-order valence-corrected chi connectivity index (χ2v) is 6.03. The van der Waals surface area contributed by atoms with E-state index < -0.39 is 0 Å². The van der Waals surface area contributed by atoms with Gasteiger partial charge in [-0.1, -0.05) is 18.2 Å². The Morgan fingerprint density at radius 2 is 2.18 bits per heavy atom. The van der Waals surface area contributed by atoms with E-state index >= 15 is 0 Å². The molecule has 4 rings (SSSR count). The molecule has 1 N–H and O–H groups in total. The lowest BCUT2D eigenvalue weighted by Crippen LogP contribution is -2.44. The molecule has 2 aliphatic heterocycles. The number of carbonyl (C=O) groups is 1. The van der Waals surface area contributed by atoms with Gasteiger partial charge in [-0.3, -0.25) is 0 Å². The maximum Gasteiger partial charge on any atom is 0.322 e. The average Bonchev–Trinajstić information content (AvgIpc) is 2.85. The van der Waals surface area contributed by atoms with Gasteiger partial charge in [0.15, 0.2) is 0 Å². The van der Waals surface area contributed by atoms with Crippen LogP contribution in [-0.2, 0) is 6.42 Å². The van der Waals surface area contributed by atoms with Crippen LogP contribution in [0.3, 0.4) is 0 Å². The highest BCUT2D eigenvalue weighted by atomic mass is 16.2. The summed E-state index contributed by atoms with van der Waals surface area (Å²) in [5, 5.41) is 3.06. The van der Waals surface area contributed by atoms with Gasteiger partial charge in [-0.2, -0.15) is 0 Å². The fourth-order valence-electron chi connectivity index (χ4n) is 3.63. The molecule has 22 heavy (non-hydrogen) atoms. The summed E-state index contributed by atoms with van der Waals surface area (Å²) in [6.07, 6.45) is 6.31. The molecule has 2 bridgehead atoms. The lowest BCUT2D eigenvalue weighted by molar-refractivity contribution is 0.178. The normalized spacial score (nSPS) is 22.3. The van der Waals surface area contributed by atoms with Crippen LogP contribution in [0.2, 0.25) is 0 Å². The molecule has 3 heterocycles. The molecule has 5 nitrogen and oxygen atoms in total. The zero-order valence-electron chi connectivity index (χ0n) is 12.5. The van der Waals surface area contributed by atoms with Crippen LogP contribution in [0, 0.1) is 6.92 Å². The first kappa shape index (κ1) is 13.2. The van der Waals surface area contributed by atoms with E-state index in [1.165, 1.54) is 0 Å². The van der Waals surface area contributed by atoms with Gasteiger partial charge in [-0.05, 0) is 31.4 Å². The molecule has 112 valence electrons. The van der Waals surface area contributed by atoms with Gasteiger partial charge in [0.05, 0.1) is 11.7 Å². The minimum Gasteiger partial charge on any atom is -0.314 e. The number of carbonyl (C=O) groups excluding carboxylic acids is 1. The number of amides is 2. The number of aryl methyl sites for hydroxylation is 1. The smallest absolute Gasteiger partial charge is 0.314 e. The van der Waals surface area contributed by atoms with E-state index in [0.29, 0.717) is 0 Å². The molecule has 0 radical (unpaired) electrons. The molecular formula is C17H18N4O. The highest BCUT2D eigenvalue weighted by Crippen LogP contribution is 2.42. The maximum absolute atomic E-state index is 12.8. The zero-order valence-corrected chi connectivity index (χ0v) is 12.5. The molecular weight excluding hydrogens is 276 g/mol. The van der Waals surface area contributed by atoms with E-state index in [-0.39, 0.29) is 18.1 Å². The number of benzene rings is 1. The van der Waals surface area contributed by atoms with E-state index in [2.05, 4.69) is 15.3 Å². The molecule has 0 aliphatic carbocycles. The summed E-state index contributed by atoms with van der Waals surface area (Å²) in [6, 6.07) is 8.20. The minimum atomic E-state index is -0.0173. The molecule has 2 unspecified atom stereocenters. The van der Waals surface area contributed by atoms with E-state index in [0.717, 1.165) is 41.8 Å². The monoisotopic (exact) mass is 294 g/mol. The van der Waals surface area contributed by atoms with Crippen molar-refractivity contribution in [2.75, 3.05) is 5.32 Å². The van der Waals surface area contributed by atoms with Crippen LogP contribution in [0.4, 0.5) is 10.5 Å². The van der Waals surface area contributed by atoms with Gasteiger partial charge in [0.2, 0.25) is 0 Å². The maximum atomic E-state index is 12.8. The molecule has 2 aliphatic rings. The van der Waals surface area contributed by atoms with E-state index in [9.17, 15) is 4.79 Å². The summed E-state index contributed by atoms with van der Waals surface area (Å²) in [5.41, 5.74) is 4.16. The summed E-state index contributed by atoms with van der Waals surface area (Å²) in [7, 11) is 0. The van der Waals surface area contributed by atoms with Gasteiger partial charge < -0.3 is 10.2 Å².